The summed E-state index contributed by atoms with van der Waals surface area (Å²) >= 11 is 0. The highest BCUT2D eigenvalue weighted by Crippen LogP contribution is 2.29. The largest absolute Gasteiger partial charge is 0.417 e. The van der Waals surface area contributed by atoms with E-state index in [1.165, 1.54) is 0 Å². The number of hydrogen-bond donors (Lipinski definition) is 1. The Morgan fingerprint density at radius 3 is 2.54 bits per heavy atom. The number of aromatic nitrogens is 3. The zero-order chi connectivity index (χ0) is 17.3. The van der Waals surface area contributed by atoms with E-state index >= 15 is 0 Å². The number of halogens is 5. The van der Waals surface area contributed by atoms with Crippen LogP contribution in [0.1, 0.15) is 27.9 Å². The molecule has 144 valence electrons. The third kappa shape index (κ3) is 4.46. The molecule has 26 heavy (non-hydrogen) atoms. The van der Waals surface area contributed by atoms with E-state index in [2.05, 4.69) is 15.3 Å². The van der Waals surface area contributed by atoms with Crippen LogP contribution < -0.4 is 5.32 Å². The van der Waals surface area contributed by atoms with Crippen LogP contribution in [0.5, 0.6) is 0 Å². The molecule has 1 aliphatic rings. The second-order valence-corrected chi connectivity index (χ2v) is 5.54. The number of nitrogens with zero attached hydrogens (tertiary/aromatic N) is 4. The first-order valence-electron chi connectivity index (χ1n) is 7.40. The van der Waals surface area contributed by atoms with E-state index in [0.29, 0.717) is 31.7 Å². The van der Waals surface area contributed by atoms with Crippen LogP contribution in [-0.4, -0.2) is 45.0 Å². The van der Waals surface area contributed by atoms with Crippen LogP contribution in [-0.2, 0) is 13.2 Å². The Hall–Kier alpha value is -1.84. The molecule has 1 amide bonds. The third-order valence-corrected chi connectivity index (χ3v) is 3.97. The standard InChI is InChI=1S/C15H16F3N5O.2ClH/c1-22-6-5-20-13(22)12-9-19-4-7-23(12)14(24)11-3-2-10(8-21-11)15(16,17)18;;/h2-3,5-6,8,12,19H,4,7,9H2,1H3;2*1H. The Morgan fingerprint density at radius 2 is 2.00 bits per heavy atom. The van der Waals surface area contributed by atoms with Crippen molar-refractivity contribution in [3.63, 3.8) is 0 Å². The molecule has 2 aromatic rings. The number of piperazine rings is 1. The van der Waals surface area contributed by atoms with Gasteiger partial charge >= 0.3 is 6.18 Å². The summed E-state index contributed by atoms with van der Waals surface area (Å²) < 4.78 is 39.7. The lowest BCUT2D eigenvalue weighted by atomic mass is 10.1. The number of amides is 1. The lowest BCUT2D eigenvalue weighted by Crippen LogP contribution is -2.49. The van der Waals surface area contributed by atoms with Gasteiger partial charge in [-0.3, -0.25) is 9.78 Å². The van der Waals surface area contributed by atoms with Crippen LogP contribution in [0.2, 0.25) is 0 Å². The van der Waals surface area contributed by atoms with E-state index in [-0.39, 0.29) is 36.5 Å². The molecule has 1 aliphatic heterocycles. The Bertz CT molecular complexity index is 736. The summed E-state index contributed by atoms with van der Waals surface area (Å²) in [4.78, 5) is 22.3. The smallest absolute Gasteiger partial charge is 0.336 e. The van der Waals surface area contributed by atoms with Gasteiger partial charge in [0, 0.05) is 45.3 Å². The predicted molar refractivity (Wildman–Crippen MR) is 93.6 cm³/mol. The van der Waals surface area contributed by atoms with Gasteiger partial charge in [0.15, 0.2) is 0 Å². The van der Waals surface area contributed by atoms with Crippen molar-refractivity contribution in [2.45, 2.75) is 12.2 Å². The first kappa shape index (κ1) is 22.2. The Morgan fingerprint density at radius 1 is 1.27 bits per heavy atom. The highest BCUT2D eigenvalue weighted by atomic mass is 35.5. The van der Waals surface area contributed by atoms with Gasteiger partial charge in [-0.25, -0.2) is 4.98 Å². The number of hydrogen-bond acceptors (Lipinski definition) is 4. The molecule has 6 nitrogen and oxygen atoms in total. The molecule has 0 aromatic carbocycles. The van der Waals surface area contributed by atoms with E-state index in [1.54, 1.807) is 17.3 Å². The summed E-state index contributed by atoms with van der Waals surface area (Å²) in [5.41, 5.74) is -0.885. The molecule has 0 radical (unpaired) electrons. The average molecular weight is 412 g/mol. The molecule has 3 heterocycles. The fraction of sp³-hybridized carbons (Fsp3) is 0.400. The molecule has 0 bridgehead atoms. The zero-order valence-corrected chi connectivity index (χ0v) is 15.4. The summed E-state index contributed by atoms with van der Waals surface area (Å²) in [5.74, 6) is 0.306. The molecule has 1 saturated heterocycles. The first-order valence-corrected chi connectivity index (χ1v) is 7.40. The van der Waals surface area contributed by atoms with Crippen LogP contribution in [0, 0.1) is 0 Å². The quantitative estimate of drug-likeness (QED) is 0.824. The summed E-state index contributed by atoms with van der Waals surface area (Å²) in [6.07, 6.45) is -0.365. The third-order valence-electron chi connectivity index (χ3n) is 3.97. The van der Waals surface area contributed by atoms with Crippen LogP contribution in [0.25, 0.3) is 0 Å². The van der Waals surface area contributed by atoms with Crippen molar-refractivity contribution in [1.29, 1.82) is 0 Å². The lowest BCUT2D eigenvalue weighted by molar-refractivity contribution is -0.137. The van der Waals surface area contributed by atoms with Gasteiger partial charge in [0.2, 0.25) is 0 Å². The second kappa shape index (κ2) is 8.70. The Kier molecular flexibility index (Phi) is 7.43. The van der Waals surface area contributed by atoms with E-state index < -0.39 is 17.6 Å². The van der Waals surface area contributed by atoms with Gasteiger partial charge in [-0.2, -0.15) is 13.2 Å². The predicted octanol–water partition coefficient (Wildman–Crippen LogP) is 2.46. The number of nitrogens with one attached hydrogen (secondary N) is 1. The number of imidazole rings is 1. The summed E-state index contributed by atoms with van der Waals surface area (Å²) in [6.45, 7) is 1.56. The van der Waals surface area contributed by atoms with Crippen LogP contribution in [0.4, 0.5) is 13.2 Å². The molecular weight excluding hydrogens is 394 g/mol. The molecule has 1 N–H and O–H groups in total. The molecule has 0 saturated carbocycles. The Balaban J connectivity index is 0.00000169. The van der Waals surface area contributed by atoms with E-state index in [4.69, 9.17) is 0 Å². The van der Waals surface area contributed by atoms with Crippen molar-refractivity contribution in [2.24, 2.45) is 7.05 Å². The fourth-order valence-corrected chi connectivity index (χ4v) is 2.71. The molecule has 1 atom stereocenters. The molecule has 2 aromatic heterocycles. The van der Waals surface area contributed by atoms with Gasteiger partial charge in [-0.15, -0.1) is 24.8 Å². The van der Waals surface area contributed by atoms with Gasteiger partial charge < -0.3 is 14.8 Å². The SMILES string of the molecule is Cl.Cl.Cn1ccnc1C1CNCCN1C(=O)c1ccc(C(F)(F)F)cn1. The number of aryl methyl sites for hydroxylation is 1. The maximum atomic E-state index is 12.7. The van der Waals surface area contributed by atoms with Gasteiger partial charge in [0.25, 0.3) is 5.91 Å². The van der Waals surface area contributed by atoms with E-state index in [1.807, 2.05) is 11.6 Å². The average Bonchev–Trinajstić information content (AvgIpc) is 2.99. The number of carbonyl (C=O) groups is 1. The van der Waals surface area contributed by atoms with Gasteiger partial charge in [-0.05, 0) is 12.1 Å². The van der Waals surface area contributed by atoms with E-state index in [0.717, 1.165) is 12.1 Å². The molecule has 11 heteroatoms. The number of pyridine rings is 1. The van der Waals surface area contributed by atoms with E-state index in [9.17, 15) is 18.0 Å². The normalized spacial score (nSPS) is 17.2. The lowest BCUT2D eigenvalue weighted by Gasteiger charge is -2.35. The van der Waals surface area contributed by atoms with Crippen molar-refractivity contribution in [2.75, 3.05) is 19.6 Å². The van der Waals surface area contributed by atoms with Crippen molar-refractivity contribution in [3.8, 4) is 0 Å². The van der Waals surface area contributed by atoms with Crippen LogP contribution in [0.3, 0.4) is 0 Å². The maximum absolute atomic E-state index is 12.7. The molecule has 1 fully saturated rings. The van der Waals surface area contributed by atoms with Crippen molar-refractivity contribution >= 4 is 30.7 Å². The minimum absolute atomic E-state index is 0. The molecule has 0 aliphatic carbocycles. The van der Waals surface area contributed by atoms with Crippen LogP contribution in [0.15, 0.2) is 30.7 Å². The molecule has 1 unspecified atom stereocenters. The summed E-state index contributed by atoms with van der Waals surface area (Å²) in [6, 6.07) is 1.69. The van der Waals surface area contributed by atoms with Crippen molar-refractivity contribution < 1.29 is 18.0 Å². The topological polar surface area (TPSA) is 63.1 Å². The van der Waals surface area contributed by atoms with Gasteiger partial charge in [-0.1, -0.05) is 0 Å². The highest BCUT2D eigenvalue weighted by Gasteiger charge is 2.33. The highest BCUT2D eigenvalue weighted by molar-refractivity contribution is 5.92. The maximum Gasteiger partial charge on any atom is 0.417 e. The minimum Gasteiger partial charge on any atom is -0.336 e. The fourth-order valence-electron chi connectivity index (χ4n) is 2.71. The molecular formula is C15H18Cl2F3N5O. The second-order valence-electron chi connectivity index (χ2n) is 5.54. The molecule has 0 spiro atoms. The van der Waals surface area contributed by atoms with Gasteiger partial charge in [0.05, 0.1) is 5.56 Å². The monoisotopic (exact) mass is 411 g/mol. The Labute approximate surface area is 160 Å². The molecule has 3 rings (SSSR count). The zero-order valence-electron chi connectivity index (χ0n) is 13.7. The number of rotatable bonds is 2. The van der Waals surface area contributed by atoms with Gasteiger partial charge in [0.1, 0.15) is 17.6 Å². The van der Waals surface area contributed by atoms with Crippen molar-refractivity contribution in [1.82, 2.24) is 24.8 Å². The summed E-state index contributed by atoms with van der Waals surface area (Å²) in [5, 5.41) is 3.20. The number of alkyl halides is 3. The summed E-state index contributed by atoms with van der Waals surface area (Å²) in [7, 11) is 1.83. The van der Waals surface area contributed by atoms with Crippen LogP contribution >= 0.6 is 24.8 Å². The minimum atomic E-state index is -4.47. The van der Waals surface area contributed by atoms with Crippen molar-refractivity contribution in [3.05, 3.63) is 47.8 Å². The number of carbonyl (C=O) groups excluding carboxylic acids is 1. The first-order chi connectivity index (χ1) is 11.4.